The summed E-state index contributed by atoms with van der Waals surface area (Å²) in [5, 5.41) is 15.6. The van der Waals surface area contributed by atoms with E-state index >= 15 is 0 Å². The first-order chi connectivity index (χ1) is 23.7. The molecule has 9 aromatic carbocycles. The lowest BCUT2D eigenvalue weighted by Crippen LogP contribution is -2.06. The molecule has 0 aliphatic heterocycles. The van der Waals surface area contributed by atoms with Gasteiger partial charge in [-0.25, -0.2) is 0 Å². The van der Waals surface area contributed by atoms with Crippen LogP contribution in [0, 0.1) is 0 Å². The normalized spacial score (nSPS) is 12.4. The van der Waals surface area contributed by atoms with Crippen LogP contribution in [0.5, 0.6) is 0 Å². The second-order valence-electron chi connectivity index (χ2n) is 13.4. The highest BCUT2D eigenvalue weighted by Crippen LogP contribution is 2.51. The van der Waals surface area contributed by atoms with Crippen molar-refractivity contribution in [3.63, 3.8) is 0 Å². The Morgan fingerprint density at radius 1 is 0.312 bits per heavy atom. The van der Waals surface area contributed by atoms with Crippen molar-refractivity contribution in [2.45, 2.75) is 0 Å². The van der Waals surface area contributed by atoms with E-state index in [0.29, 0.717) is 0 Å². The highest BCUT2D eigenvalue weighted by molar-refractivity contribution is 6.38. The number of rotatable bonds is 2. The molecule has 0 aliphatic rings. The summed E-state index contributed by atoms with van der Waals surface area (Å²) in [5.74, 6) is 0. The first-order valence-corrected chi connectivity index (χ1v) is 16.7. The Hall–Kier alpha value is -6.12. The van der Waals surface area contributed by atoms with Gasteiger partial charge < -0.3 is 9.13 Å². The van der Waals surface area contributed by atoms with Gasteiger partial charge in [-0.05, 0) is 66.3 Å². The fourth-order valence-electron chi connectivity index (χ4n) is 9.04. The van der Waals surface area contributed by atoms with Crippen LogP contribution in [-0.4, -0.2) is 9.13 Å². The fourth-order valence-corrected chi connectivity index (χ4v) is 9.04. The predicted octanol–water partition coefficient (Wildman–Crippen LogP) is 12.4. The van der Waals surface area contributed by atoms with Crippen LogP contribution < -0.4 is 0 Å². The van der Waals surface area contributed by atoms with Gasteiger partial charge in [-0.1, -0.05) is 133 Å². The lowest BCUT2D eigenvalue weighted by molar-refractivity contribution is 1.000. The van der Waals surface area contributed by atoms with Crippen molar-refractivity contribution in [1.29, 1.82) is 0 Å². The van der Waals surface area contributed by atoms with Gasteiger partial charge in [-0.15, -0.1) is 0 Å². The topological polar surface area (TPSA) is 9.86 Å². The number of nitrogens with zero attached hydrogens (tertiary/aromatic N) is 2. The van der Waals surface area contributed by atoms with Gasteiger partial charge >= 0.3 is 0 Å². The minimum absolute atomic E-state index is 1.23. The van der Waals surface area contributed by atoms with E-state index in [0.717, 1.165) is 0 Å². The summed E-state index contributed by atoms with van der Waals surface area (Å²) in [4.78, 5) is 0. The predicted molar refractivity (Wildman–Crippen MR) is 206 cm³/mol. The maximum atomic E-state index is 2.48. The maximum Gasteiger partial charge on any atom is 0.0582 e. The molecule has 0 N–H and O–H groups in total. The third-order valence-corrected chi connectivity index (χ3v) is 11.0. The van der Waals surface area contributed by atoms with Gasteiger partial charge in [-0.3, -0.25) is 0 Å². The Balaban J connectivity index is 1.55. The molecule has 224 valence electrons. The third-order valence-electron chi connectivity index (χ3n) is 11.0. The van der Waals surface area contributed by atoms with Gasteiger partial charge in [0.15, 0.2) is 0 Å². The molecule has 2 heterocycles. The van der Waals surface area contributed by atoms with Gasteiger partial charge in [0.2, 0.25) is 0 Å². The highest BCUT2D eigenvalue weighted by atomic mass is 15.0. The molecule has 0 amide bonds. The van der Waals surface area contributed by atoms with Crippen molar-refractivity contribution in [3.8, 4) is 22.3 Å². The summed E-state index contributed by atoms with van der Waals surface area (Å²) in [6, 6.07) is 54.1. The standard InChI is InChI=1S/C46H30N2/c1-47-35-25-21-31-17-9-15-29-19-23-33(41(35)37(29)31)43-40(28-13-7-4-8-14-28)46-44(39(45(43)47)27-11-5-3-6-12-27)34-24-20-30-16-10-18-32-22-26-36(48(46)2)42(34)38(30)32/h3-26H,1-2H3. The lowest BCUT2D eigenvalue weighted by atomic mass is 9.83. The van der Waals surface area contributed by atoms with Crippen molar-refractivity contribution in [3.05, 3.63) is 146 Å². The molecule has 2 heteroatoms. The van der Waals surface area contributed by atoms with Gasteiger partial charge in [0.1, 0.15) is 0 Å². The molecule has 0 unspecified atom stereocenters. The number of hydrogen-bond donors (Lipinski definition) is 0. The molecule has 0 bridgehead atoms. The van der Waals surface area contributed by atoms with E-state index < -0.39 is 0 Å². The van der Waals surface area contributed by atoms with Crippen LogP contribution in [0.2, 0.25) is 0 Å². The Bertz CT molecular complexity index is 2860. The molecule has 0 aliphatic carbocycles. The van der Waals surface area contributed by atoms with Crippen LogP contribution in [0.3, 0.4) is 0 Å². The second-order valence-corrected chi connectivity index (χ2v) is 13.4. The average Bonchev–Trinajstić information content (AvgIpc) is 3.14. The summed E-state index contributed by atoms with van der Waals surface area (Å²) in [6.07, 6.45) is 0. The monoisotopic (exact) mass is 610 g/mol. The van der Waals surface area contributed by atoms with Crippen LogP contribution >= 0.6 is 0 Å². The second kappa shape index (κ2) is 9.24. The Morgan fingerprint density at radius 3 is 1.08 bits per heavy atom. The van der Waals surface area contributed by atoms with Crippen LogP contribution in [0.25, 0.3) is 109 Å². The van der Waals surface area contributed by atoms with Gasteiger partial charge in [0.05, 0.1) is 11.0 Å². The molecule has 0 saturated heterocycles. The number of fused-ring (bicyclic) bond motifs is 4. The molecule has 2 aromatic heterocycles. The first-order valence-electron chi connectivity index (χ1n) is 16.7. The summed E-state index contributed by atoms with van der Waals surface area (Å²) in [6.45, 7) is 0. The van der Waals surface area contributed by atoms with E-state index in [4.69, 9.17) is 0 Å². The van der Waals surface area contributed by atoms with Crippen molar-refractivity contribution in [1.82, 2.24) is 9.13 Å². The van der Waals surface area contributed by atoms with Crippen molar-refractivity contribution >= 4 is 86.7 Å². The summed E-state index contributed by atoms with van der Waals surface area (Å²) in [7, 11) is 4.55. The molecule has 11 aromatic rings. The maximum absolute atomic E-state index is 2.48. The largest absolute Gasteiger partial charge is 0.343 e. The van der Waals surface area contributed by atoms with E-state index in [2.05, 4.69) is 169 Å². The van der Waals surface area contributed by atoms with Gasteiger partial charge in [0.25, 0.3) is 0 Å². The van der Waals surface area contributed by atoms with E-state index in [1.54, 1.807) is 0 Å². The Kier molecular flexibility index (Phi) is 5.01. The van der Waals surface area contributed by atoms with Crippen LogP contribution in [0.1, 0.15) is 0 Å². The number of hydrogen-bond acceptors (Lipinski definition) is 0. The minimum Gasteiger partial charge on any atom is -0.343 e. The van der Waals surface area contributed by atoms with Crippen molar-refractivity contribution < 1.29 is 0 Å². The Morgan fingerprint density at radius 2 is 0.688 bits per heavy atom. The molecule has 0 fully saturated rings. The third kappa shape index (κ3) is 3.17. The number of pyridine rings is 2. The summed E-state index contributed by atoms with van der Waals surface area (Å²) in [5.41, 5.74) is 10.0. The zero-order valence-electron chi connectivity index (χ0n) is 26.8. The van der Waals surface area contributed by atoms with Crippen molar-refractivity contribution in [2.24, 2.45) is 14.1 Å². The smallest absolute Gasteiger partial charge is 0.0582 e. The summed E-state index contributed by atoms with van der Waals surface area (Å²) < 4.78 is 4.96. The molecule has 0 radical (unpaired) electrons. The molecular weight excluding hydrogens is 581 g/mol. The number of aryl methyl sites for hydroxylation is 2. The minimum atomic E-state index is 1.23. The molecule has 0 saturated carbocycles. The van der Waals surface area contributed by atoms with E-state index in [-0.39, 0.29) is 0 Å². The molecular formula is C46H30N2. The zero-order valence-corrected chi connectivity index (χ0v) is 26.8. The molecule has 0 atom stereocenters. The average molecular weight is 611 g/mol. The first kappa shape index (κ1) is 26.0. The molecule has 2 nitrogen and oxygen atoms in total. The van der Waals surface area contributed by atoms with Gasteiger partial charge in [-0.2, -0.15) is 0 Å². The van der Waals surface area contributed by atoms with E-state index in [1.807, 2.05) is 0 Å². The fraction of sp³-hybridized carbons (Fsp3) is 0.0435. The highest BCUT2D eigenvalue weighted by Gasteiger charge is 2.27. The van der Waals surface area contributed by atoms with Crippen LogP contribution in [0.4, 0.5) is 0 Å². The van der Waals surface area contributed by atoms with Crippen LogP contribution in [-0.2, 0) is 14.1 Å². The van der Waals surface area contributed by atoms with E-state index in [1.165, 1.54) is 109 Å². The molecule has 48 heavy (non-hydrogen) atoms. The Labute approximate surface area is 277 Å². The SMILES string of the molecule is Cn1c2ccc3cccc4ccc(c5c(-c6ccccc6)c6c(c(-c7ccccc7)c51)c1ccc5cccc7ccc(c1c57)n6C)c2c43. The quantitative estimate of drug-likeness (QED) is 0.136. The number of aromatic nitrogens is 2. The zero-order chi connectivity index (χ0) is 31.7. The van der Waals surface area contributed by atoms with Crippen molar-refractivity contribution in [2.75, 3.05) is 0 Å². The van der Waals surface area contributed by atoms with E-state index in [9.17, 15) is 0 Å². The molecule has 11 rings (SSSR count). The molecule has 0 spiro atoms. The lowest BCUT2D eigenvalue weighted by Gasteiger charge is -2.27. The summed E-state index contributed by atoms with van der Waals surface area (Å²) >= 11 is 0. The van der Waals surface area contributed by atoms with Crippen LogP contribution in [0.15, 0.2) is 146 Å². The number of benzene rings is 9. The van der Waals surface area contributed by atoms with Gasteiger partial charge in [0, 0.05) is 57.8 Å².